The SMILES string of the molecule is Cc1ccccc1N(CC(=O)NC[C@@H](c1ccccc1)N1CCCC1)S(C)(=O)=O. The number of rotatable bonds is 8. The van der Waals surface area contributed by atoms with E-state index in [0.29, 0.717) is 12.2 Å². The molecule has 1 atom stereocenters. The van der Waals surface area contributed by atoms with Gasteiger partial charge in [-0.1, -0.05) is 48.5 Å². The zero-order valence-corrected chi connectivity index (χ0v) is 17.9. The van der Waals surface area contributed by atoms with Crippen LogP contribution in [0.3, 0.4) is 0 Å². The summed E-state index contributed by atoms with van der Waals surface area (Å²) in [4.78, 5) is 15.1. The first kappa shape index (κ1) is 21.3. The topological polar surface area (TPSA) is 69.7 Å². The molecule has 6 nitrogen and oxygen atoms in total. The molecule has 156 valence electrons. The quantitative estimate of drug-likeness (QED) is 0.720. The van der Waals surface area contributed by atoms with Gasteiger partial charge in [-0.25, -0.2) is 8.42 Å². The van der Waals surface area contributed by atoms with Crippen LogP contribution in [0.15, 0.2) is 54.6 Å². The number of benzene rings is 2. The molecule has 1 amide bonds. The van der Waals surface area contributed by atoms with Crippen molar-refractivity contribution in [1.29, 1.82) is 0 Å². The van der Waals surface area contributed by atoms with E-state index in [4.69, 9.17) is 0 Å². The minimum Gasteiger partial charge on any atom is -0.353 e. The number of sulfonamides is 1. The predicted molar refractivity (Wildman–Crippen MR) is 116 cm³/mol. The number of likely N-dealkylation sites (tertiary alicyclic amines) is 1. The van der Waals surface area contributed by atoms with E-state index >= 15 is 0 Å². The molecule has 1 fully saturated rings. The maximum Gasteiger partial charge on any atom is 0.240 e. The molecule has 29 heavy (non-hydrogen) atoms. The second-order valence-electron chi connectivity index (χ2n) is 7.53. The largest absolute Gasteiger partial charge is 0.353 e. The van der Waals surface area contributed by atoms with Crippen LogP contribution < -0.4 is 9.62 Å². The van der Waals surface area contributed by atoms with Crippen LogP contribution >= 0.6 is 0 Å². The lowest BCUT2D eigenvalue weighted by Gasteiger charge is -2.29. The minimum atomic E-state index is -3.58. The van der Waals surface area contributed by atoms with Crippen molar-refractivity contribution in [2.24, 2.45) is 0 Å². The molecule has 0 aliphatic carbocycles. The van der Waals surface area contributed by atoms with Gasteiger partial charge >= 0.3 is 0 Å². The Morgan fingerprint density at radius 3 is 2.31 bits per heavy atom. The zero-order chi connectivity index (χ0) is 20.9. The van der Waals surface area contributed by atoms with Gasteiger partial charge in [-0.15, -0.1) is 0 Å². The minimum absolute atomic E-state index is 0.0906. The molecule has 0 unspecified atom stereocenters. The molecule has 1 aliphatic rings. The van der Waals surface area contributed by atoms with Crippen LogP contribution in [0.4, 0.5) is 5.69 Å². The smallest absolute Gasteiger partial charge is 0.240 e. The summed E-state index contributed by atoms with van der Waals surface area (Å²) in [5.74, 6) is -0.307. The van der Waals surface area contributed by atoms with E-state index in [1.54, 1.807) is 12.1 Å². The molecule has 0 bridgehead atoms. The van der Waals surface area contributed by atoms with Gasteiger partial charge in [0.1, 0.15) is 6.54 Å². The maximum atomic E-state index is 12.7. The Morgan fingerprint density at radius 1 is 1.07 bits per heavy atom. The van der Waals surface area contributed by atoms with Gasteiger partial charge in [0.05, 0.1) is 18.0 Å². The van der Waals surface area contributed by atoms with Crippen LogP contribution in [-0.4, -0.2) is 51.7 Å². The molecule has 1 N–H and O–H groups in total. The lowest BCUT2D eigenvalue weighted by molar-refractivity contribution is -0.119. The van der Waals surface area contributed by atoms with Crippen LogP contribution in [-0.2, 0) is 14.8 Å². The number of nitrogens with zero attached hydrogens (tertiary/aromatic N) is 2. The summed E-state index contributed by atoms with van der Waals surface area (Å²) in [5.41, 5.74) is 2.50. The Bertz CT molecular complexity index is 925. The third-order valence-electron chi connectivity index (χ3n) is 5.33. The highest BCUT2D eigenvalue weighted by Crippen LogP contribution is 2.25. The van der Waals surface area contributed by atoms with Crippen molar-refractivity contribution in [1.82, 2.24) is 10.2 Å². The van der Waals surface area contributed by atoms with Gasteiger partial charge in [0, 0.05) is 6.54 Å². The fraction of sp³-hybridized carbons (Fsp3) is 0.409. The summed E-state index contributed by atoms with van der Waals surface area (Å²) in [5, 5.41) is 2.96. The number of hydrogen-bond donors (Lipinski definition) is 1. The number of carbonyl (C=O) groups is 1. The number of carbonyl (C=O) groups excluding carboxylic acids is 1. The van der Waals surface area contributed by atoms with Crippen molar-refractivity contribution >= 4 is 21.6 Å². The highest BCUT2D eigenvalue weighted by atomic mass is 32.2. The third kappa shape index (κ3) is 5.58. The Hall–Kier alpha value is -2.38. The van der Waals surface area contributed by atoms with Crippen molar-refractivity contribution in [3.8, 4) is 0 Å². The van der Waals surface area contributed by atoms with Crippen molar-refractivity contribution < 1.29 is 13.2 Å². The number of hydrogen-bond acceptors (Lipinski definition) is 4. The summed E-state index contributed by atoms with van der Waals surface area (Å²) < 4.78 is 25.8. The second kappa shape index (κ2) is 9.41. The van der Waals surface area contributed by atoms with Crippen LogP contribution in [0.25, 0.3) is 0 Å². The fourth-order valence-corrected chi connectivity index (χ4v) is 4.72. The highest BCUT2D eigenvalue weighted by molar-refractivity contribution is 7.92. The average Bonchev–Trinajstić information content (AvgIpc) is 3.21. The van der Waals surface area contributed by atoms with Crippen molar-refractivity contribution in [2.45, 2.75) is 25.8 Å². The first-order chi connectivity index (χ1) is 13.9. The summed E-state index contributed by atoms with van der Waals surface area (Å²) in [6.07, 6.45) is 3.45. The number of amides is 1. The van der Waals surface area contributed by atoms with E-state index in [2.05, 4.69) is 22.3 Å². The molecule has 1 saturated heterocycles. The highest BCUT2D eigenvalue weighted by Gasteiger charge is 2.26. The fourth-order valence-electron chi connectivity index (χ4n) is 3.81. The van der Waals surface area contributed by atoms with E-state index < -0.39 is 10.0 Å². The van der Waals surface area contributed by atoms with E-state index in [1.165, 1.54) is 4.31 Å². The van der Waals surface area contributed by atoms with Gasteiger partial charge in [0.2, 0.25) is 15.9 Å². The van der Waals surface area contributed by atoms with Gasteiger partial charge in [-0.3, -0.25) is 14.0 Å². The molecule has 3 rings (SSSR count). The molecular weight excluding hydrogens is 386 g/mol. The molecule has 0 saturated carbocycles. The summed E-state index contributed by atoms with van der Waals surface area (Å²) in [6.45, 7) is 4.08. The summed E-state index contributed by atoms with van der Waals surface area (Å²) in [7, 11) is -3.58. The Labute approximate surface area is 173 Å². The molecule has 1 heterocycles. The Morgan fingerprint density at radius 2 is 1.69 bits per heavy atom. The number of aryl methyl sites for hydroxylation is 1. The monoisotopic (exact) mass is 415 g/mol. The third-order valence-corrected chi connectivity index (χ3v) is 6.46. The second-order valence-corrected chi connectivity index (χ2v) is 9.44. The van der Waals surface area contributed by atoms with Crippen LogP contribution in [0, 0.1) is 6.92 Å². The first-order valence-electron chi connectivity index (χ1n) is 9.95. The number of anilines is 1. The first-order valence-corrected chi connectivity index (χ1v) is 11.8. The molecular formula is C22H29N3O3S. The summed E-state index contributed by atoms with van der Waals surface area (Å²) >= 11 is 0. The predicted octanol–water partition coefficient (Wildman–Crippen LogP) is 2.71. The Kier molecular flexibility index (Phi) is 6.92. The zero-order valence-electron chi connectivity index (χ0n) is 17.0. The van der Waals surface area contributed by atoms with Crippen molar-refractivity contribution in [2.75, 3.05) is 36.7 Å². The van der Waals surface area contributed by atoms with Crippen molar-refractivity contribution in [3.63, 3.8) is 0 Å². The lowest BCUT2D eigenvalue weighted by Crippen LogP contribution is -2.43. The summed E-state index contributed by atoms with van der Waals surface area (Å²) in [6, 6.07) is 17.4. The van der Waals surface area contributed by atoms with Gasteiger partial charge in [-0.05, 0) is 50.0 Å². The molecule has 2 aromatic rings. The van der Waals surface area contributed by atoms with Gasteiger partial charge in [0.25, 0.3) is 0 Å². The van der Waals surface area contributed by atoms with E-state index in [-0.39, 0.29) is 18.5 Å². The van der Waals surface area contributed by atoms with Gasteiger partial charge in [-0.2, -0.15) is 0 Å². The maximum absolute atomic E-state index is 12.7. The number of para-hydroxylation sites is 1. The van der Waals surface area contributed by atoms with E-state index in [0.717, 1.165) is 43.3 Å². The standard InChI is InChI=1S/C22H29N3O3S/c1-18-10-6-7-13-20(18)25(29(2,27)28)17-22(26)23-16-21(24-14-8-9-15-24)19-11-4-3-5-12-19/h3-7,10-13,21H,8-9,14-17H2,1-2H3,(H,23,26)/t21-/m0/s1. The normalized spacial score (nSPS) is 15.8. The van der Waals surface area contributed by atoms with Gasteiger partial charge < -0.3 is 5.32 Å². The van der Waals surface area contributed by atoms with Gasteiger partial charge in [0.15, 0.2) is 0 Å². The number of nitrogens with one attached hydrogen (secondary N) is 1. The molecule has 0 radical (unpaired) electrons. The lowest BCUT2D eigenvalue weighted by atomic mass is 10.1. The molecule has 0 spiro atoms. The Balaban J connectivity index is 1.71. The van der Waals surface area contributed by atoms with E-state index in [9.17, 15) is 13.2 Å². The van der Waals surface area contributed by atoms with Crippen LogP contribution in [0.2, 0.25) is 0 Å². The molecule has 0 aromatic heterocycles. The van der Waals surface area contributed by atoms with Crippen LogP contribution in [0.1, 0.15) is 30.0 Å². The molecule has 2 aromatic carbocycles. The van der Waals surface area contributed by atoms with Crippen molar-refractivity contribution in [3.05, 3.63) is 65.7 Å². The molecule has 1 aliphatic heterocycles. The molecule has 7 heteroatoms. The van der Waals surface area contributed by atoms with Crippen LogP contribution in [0.5, 0.6) is 0 Å². The van der Waals surface area contributed by atoms with E-state index in [1.807, 2.05) is 37.3 Å². The average molecular weight is 416 g/mol.